The van der Waals surface area contributed by atoms with Crippen molar-refractivity contribution in [1.29, 1.82) is 0 Å². The fourth-order valence-electron chi connectivity index (χ4n) is 3.73. The first-order valence-electron chi connectivity index (χ1n) is 9.68. The van der Waals surface area contributed by atoms with Gasteiger partial charge in [-0.1, -0.05) is 36.8 Å². The Labute approximate surface area is 167 Å². The number of rotatable bonds is 4. The minimum atomic E-state index is -0.278. The predicted molar refractivity (Wildman–Crippen MR) is 112 cm³/mol. The third-order valence-corrected chi connectivity index (χ3v) is 6.51. The smallest absolute Gasteiger partial charge is 0.262 e. The van der Waals surface area contributed by atoms with Crippen LogP contribution in [0.2, 0.25) is 0 Å². The zero-order valence-electron chi connectivity index (χ0n) is 15.9. The second-order valence-electron chi connectivity index (χ2n) is 7.26. The van der Waals surface area contributed by atoms with Crippen molar-refractivity contribution in [3.05, 3.63) is 62.5 Å². The summed E-state index contributed by atoms with van der Waals surface area (Å²) in [6.07, 6.45) is 3.97. The molecule has 6 nitrogen and oxygen atoms in total. The second kappa shape index (κ2) is 7.85. The number of aromatic nitrogens is 2. The van der Waals surface area contributed by atoms with Crippen molar-refractivity contribution in [3.8, 4) is 0 Å². The average molecular weight is 397 g/mol. The van der Waals surface area contributed by atoms with Crippen molar-refractivity contribution in [2.75, 3.05) is 6.54 Å². The predicted octanol–water partition coefficient (Wildman–Crippen LogP) is 2.92. The molecule has 0 saturated heterocycles. The van der Waals surface area contributed by atoms with Gasteiger partial charge >= 0.3 is 0 Å². The Balaban J connectivity index is 1.60. The molecule has 1 atom stereocenters. The molecule has 1 amide bonds. The molecule has 2 aromatic heterocycles. The number of aryl methyl sites for hydroxylation is 2. The number of benzene rings is 1. The van der Waals surface area contributed by atoms with Crippen LogP contribution < -0.4 is 16.6 Å². The molecule has 0 fully saturated rings. The highest BCUT2D eigenvalue weighted by molar-refractivity contribution is 7.20. The van der Waals surface area contributed by atoms with Gasteiger partial charge in [-0.25, -0.2) is 4.98 Å². The Bertz CT molecular complexity index is 1070. The van der Waals surface area contributed by atoms with E-state index in [4.69, 9.17) is 10.7 Å². The highest BCUT2D eigenvalue weighted by Crippen LogP contribution is 2.28. The third-order valence-electron chi connectivity index (χ3n) is 5.33. The van der Waals surface area contributed by atoms with Gasteiger partial charge in [0.05, 0.1) is 10.3 Å². The molecule has 7 heteroatoms. The molecule has 146 valence electrons. The first-order valence-corrected chi connectivity index (χ1v) is 10.5. The van der Waals surface area contributed by atoms with Crippen LogP contribution in [0.15, 0.2) is 35.1 Å². The zero-order chi connectivity index (χ0) is 19.7. The lowest BCUT2D eigenvalue weighted by Crippen LogP contribution is -2.31. The van der Waals surface area contributed by atoms with Crippen LogP contribution in [0.25, 0.3) is 10.2 Å². The minimum absolute atomic E-state index is 0.0179. The Morgan fingerprint density at radius 1 is 1.29 bits per heavy atom. The molecule has 28 heavy (non-hydrogen) atoms. The van der Waals surface area contributed by atoms with Crippen molar-refractivity contribution in [2.24, 2.45) is 5.73 Å². The summed E-state index contributed by atoms with van der Waals surface area (Å²) < 4.78 is 1.79. The summed E-state index contributed by atoms with van der Waals surface area (Å²) in [5.74, 6) is 0.640. The number of nitrogens with two attached hydrogens (primary N) is 1. The van der Waals surface area contributed by atoms with Gasteiger partial charge < -0.3 is 11.1 Å². The number of thiophene rings is 1. The lowest BCUT2D eigenvalue weighted by molar-refractivity contribution is 0.0955. The number of amides is 1. The van der Waals surface area contributed by atoms with Gasteiger partial charge in [-0.15, -0.1) is 11.3 Å². The van der Waals surface area contributed by atoms with E-state index >= 15 is 0 Å². The molecule has 1 aliphatic heterocycles. The molecule has 3 heterocycles. The number of hydrogen-bond acceptors (Lipinski definition) is 5. The Morgan fingerprint density at radius 2 is 2.07 bits per heavy atom. The molecular weight excluding hydrogens is 372 g/mol. The average Bonchev–Trinajstić information content (AvgIpc) is 2.88. The fourth-order valence-corrected chi connectivity index (χ4v) is 4.83. The van der Waals surface area contributed by atoms with Gasteiger partial charge in [0.25, 0.3) is 11.5 Å². The fraction of sp³-hybridized carbons (Fsp3) is 0.381. The first-order chi connectivity index (χ1) is 13.6. The van der Waals surface area contributed by atoms with Crippen LogP contribution in [0.3, 0.4) is 0 Å². The summed E-state index contributed by atoms with van der Waals surface area (Å²) in [5.41, 5.74) is 7.84. The van der Waals surface area contributed by atoms with E-state index < -0.39 is 0 Å². The third kappa shape index (κ3) is 3.47. The van der Waals surface area contributed by atoms with Gasteiger partial charge in [0.1, 0.15) is 10.7 Å². The highest BCUT2D eigenvalue weighted by Gasteiger charge is 2.22. The summed E-state index contributed by atoms with van der Waals surface area (Å²) in [4.78, 5) is 31.7. The molecular formula is C21H24N4O2S. The number of nitrogens with zero attached hydrogens (tertiary/aromatic N) is 2. The number of hydrogen-bond donors (Lipinski definition) is 2. The van der Waals surface area contributed by atoms with Gasteiger partial charge in [0, 0.05) is 25.6 Å². The maximum absolute atomic E-state index is 13.0. The van der Waals surface area contributed by atoms with Gasteiger partial charge in [0.15, 0.2) is 0 Å². The van der Waals surface area contributed by atoms with Crippen molar-refractivity contribution in [2.45, 2.75) is 45.2 Å². The highest BCUT2D eigenvalue weighted by atomic mass is 32.1. The topological polar surface area (TPSA) is 90.0 Å². The van der Waals surface area contributed by atoms with Crippen LogP contribution in [-0.4, -0.2) is 22.0 Å². The zero-order valence-corrected chi connectivity index (χ0v) is 16.7. The number of fused-ring (bicyclic) bond motifs is 2. The minimum Gasteiger partial charge on any atom is -0.349 e. The molecule has 0 spiro atoms. The Morgan fingerprint density at radius 3 is 2.86 bits per heavy atom. The number of nitrogens with one attached hydrogen (secondary N) is 1. The van der Waals surface area contributed by atoms with E-state index in [-0.39, 0.29) is 17.5 Å². The van der Waals surface area contributed by atoms with Crippen molar-refractivity contribution in [1.82, 2.24) is 14.9 Å². The Hall–Kier alpha value is -2.51. The van der Waals surface area contributed by atoms with Crippen molar-refractivity contribution in [3.63, 3.8) is 0 Å². The van der Waals surface area contributed by atoms with Gasteiger partial charge in [0.2, 0.25) is 0 Å². The van der Waals surface area contributed by atoms with E-state index in [1.165, 1.54) is 11.3 Å². The second-order valence-corrected chi connectivity index (χ2v) is 8.26. The standard InChI is InChI=1S/C21H24N4O2S/c1-13-17-20(24-16-10-6-3-7-11-25(16)21(17)27)28-18(13)19(26)23-12-15(22)14-8-4-2-5-9-14/h2,4-5,8-9,15H,3,6-7,10-12,22H2,1H3,(H,23,26). The van der Waals surface area contributed by atoms with E-state index in [9.17, 15) is 9.59 Å². The number of carbonyl (C=O) groups is 1. The lowest BCUT2D eigenvalue weighted by Gasteiger charge is -2.12. The molecule has 0 saturated carbocycles. The summed E-state index contributed by atoms with van der Waals surface area (Å²) in [6.45, 7) is 2.87. The van der Waals surface area contributed by atoms with E-state index in [0.29, 0.717) is 33.7 Å². The summed E-state index contributed by atoms with van der Waals surface area (Å²) >= 11 is 1.30. The Kier molecular flexibility index (Phi) is 5.28. The van der Waals surface area contributed by atoms with Crippen LogP contribution >= 0.6 is 11.3 Å². The van der Waals surface area contributed by atoms with Crippen LogP contribution in [0.5, 0.6) is 0 Å². The monoisotopic (exact) mass is 396 g/mol. The van der Waals surface area contributed by atoms with Crippen LogP contribution in [-0.2, 0) is 13.0 Å². The molecule has 0 aliphatic carbocycles. The normalized spacial score (nSPS) is 15.1. The van der Waals surface area contributed by atoms with Crippen LogP contribution in [0.1, 0.15) is 51.9 Å². The van der Waals surface area contributed by atoms with Gasteiger partial charge in [-0.2, -0.15) is 0 Å². The maximum atomic E-state index is 13.0. The largest absolute Gasteiger partial charge is 0.349 e. The van der Waals surface area contributed by atoms with E-state index in [1.54, 1.807) is 4.57 Å². The SMILES string of the molecule is Cc1c(C(=O)NCC(N)c2ccccc2)sc2nc3n(c(=O)c12)CCCCC3. The molecule has 3 aromatic rings. The van der Waals surface area contributed by atoms with Crippen LogP contribution in [0.4, 0.5) is 0 Å². The van der Waals surface area contributed by atoms with E-state index in [1.807, 2.05) is 37.3 Å². The number of carbonyl (C=O) groups excluding carboxylic acids is 1. The first kappa shape index (κ1) is 18.8. The summed E-state index contributed by atoms with van der Waals surface area (Å²) in [7, 11) is 0. The van der Waals surface area contributed by atoms with Crippen LogP contribution in [0, 0.1) is 6.92 Å². The molecule has 0 radical (unpaired) electrons. The van der Waals surface area contributed by atoms with Gasteiger partial charge in [-0.05, 0) is 30.9 Å². The van der Waals surface area contributed by atoms with Crippen molar-refractivity contribution < 1.29 is 4.79 Å². The van der Waals surface area contributed by atoms with E-state index in [0.717, 1.165) is 37.1 Å². The lowest BCUT2D eigenvalue weighted by atomic mass is 10.1. The molecule has 4 rings (SSSR count). The molecule has 3 N–H and O–H groups in total. The van der Waals surface area contributed by atoms with E-state index in [2.05, 4.69) is 5.32 Å². The summed E-state index contributed by atoms with van der Waals surface area (Å²) in [5, 5.41) is 3.48. The quantitative estimate of drug-likeness (QED) is 0.709. The maximum Gasteiger partial charge on any atom is 0.262 e. The molecule has 1 unspecified atom stereocenters. The summed E-state index contributed by atoms with van der Waals surface area (Å²) in [6, 6.07) is 9.40. The molecule has 1 aliphatic rings. The molecule has 1 aromatic carbocycles. The van der Waals surface area contributed by atoms with Crippen molar-refractivity contribution >= 4 is 27.5 Å². The molecule has 0 bridgehead atoms. The van der Waals surface area contributed by atoms with Gasteiger partial charge in [-0.3, -0.25) is 14.2 Å².